The zero-order valence-corrected chi connectivity index (χ0v) is 12.9. The van der Waals surface area contributed by atoms with Gasteiger partial charge < -0.3 is 14.8 Å². The zero-order chi connectivity index (χ0) is 15.8. The molecule has 116 valence electrons. The number of nitrogens with one attached hydrogen (secondary N) is 1. The molecule has 0 saturated heterocycles. The van der Waals surface area contributed by atoms with Crippen molar-refractivity contribution in [3.8, 4) is 5.75 Å². The number of rotatable bonds is 7. The average molecular weight is 299 g/mol. The number of methoxy groups -OCH3 is 2. The van der Waals surface area contributed by atoms with Crippen molar-refractivity contribution in [1.29, 1.82) is 0 Å². The number of anilines is 1. The van der Waals surface area contributed by atoms with E-state index in [4.69, 9.17) is 9.47 Å². The highest BCUT2D eigenvalue weighted by molar-refractivity contribution is 5.69. The van der Waals surface area contributed by atoms with Crippen LogP contribution < -0.4 is 10.1 Å². The first-order valence-electron chi connectivity index (χ1n) is 7.25. The van der Waals surface area contributed by atoms with Crippen LogP contribution in [0.3, 0.4) is 0 Å². The molecule has 0 saturated carbocycles. The van der Waals surface area contributed by atoms with Crippen molar-refractivity contribution < 1.29 is 14.3 Å². The van der Waals surface area contributed by atoms with Gasteiger partial charge in [-0.05, 0) is 36.2 Å². The van der Waals surface area contributed by atoms with Gasteiger partial charge in [-0.25, -0.2) is 0 Å². The van der Waals surface area contributed by atoms with Gasteiger partial charge in [0.05, 0.1) is 20.3 Å². The van der Waals surface area contributed by atoms with Gasteiger partial charge in [-0.3, -0.25) is 4.79 Å². The standard InChI is InChI=1S/C18H21NO3/c1-21-16-10-8-15(9-11-16)19-17(12-13-18(20)22-2)14-6-4-3-5-7-14/h3-11,17,19H,12-13H2,1-2H3. The van der Waals surface area contributed by atoms with E-state index in [-0.39, 0.29) is 12.0 Å². The second-order valence-corrected chi connectivity index (χ2v) is 4.95. The monoisotopic (exact) mass is 299 g/mol. The van der Waals surface area contributed by atoms with E-state index in [0.29, 0.717) is 12.8 Å². The van der Waals surface area contributed by atoms with E-state index in [2.05, 4.69) is 17.4 Å². The number of carbonyl (C=O) groups is 1. The molecule has 2 aromatic rings. The Morgan fingerprint density at radius 1 is 1.05 bits per heavy atom. The molecule has 0 aliphatic heterocycles. The van der Waals surface area contributed by atoms with Gasteiger partial charge in [-0.15, -0.1) is 0 Å². The van der Waals surface area contributed by atoms with Crippen molar-refractivity contribution in [2.24, 2.45) is 0 Å². The molecule has 4 nitrogen and oxygen atoms in total. The van der Waals surface area contributed by atoms with Gasteiger partial charge in [0.2, 0.25) is 0 Å². The summed E-state index contributed by atoms with van der Waals surface area (Å²) in [5.41, 5.74) is 2.13. The zero-order valence-electron chi connectivity index (χ0n) is 12.9. The van der Waals surface area contributed by atoms with Crippen LogP contribution >= 0.6 is 0 Å². The third kappa shape index (κ3) is 4.52. The summed E-state index contributed by atoms with van der Waals surface area (Å²) in [6, 6.07) is 17.9. The molecule has 0 aliphatic rings. The third-order valence-electron chi connectivity index (χ3n) is 3.50. The Morgan fingerprint density at radius 2 is 1.73 bits per heavy atom. The van der Waals surface area contributed by atoms with Gasteiger partial charge >= 0.3 is 5.97 Å². The molecule has 4 heteroatoms. The van der Waals surface area contributed by atoms with Crippen LogP contribution in [-0.4, -0.2) is 20.2 Å². The number of ether oxygens (including phenoxy) is 2. The highest BCUT2D eigenvalue weighted by Crippen LogP contribution is 2.25. The van der Waals surface area contributed by atoms with Gasteiger partial charge in [-0.1, -0.05) is 30.3 Å². The second-order valence-electron chi connectivity index (χ2n) is 4.95. The van der Waals surface area contributed by atoms with Crippen LogP contribution in [0.2, 0.25) is 0 Å². The van der Waals surface area contributed by atoms with E-state index >= 15 is 0 Å². The summed E-state index contributed by atoms with van der Waals surface area (Å²) in [4.78, 5) is 11.4. The summed E-state index contributed by atoms with van der Waals surface area (Å²) >= 11 is 0. The predicted molar refractivity (Wildman–Crippen MR) is 87.0 cm³/mol. The summed E-state index contributed by atoms with van der Waals surface area (Å²) < 4.78 is 9.90. The van der Waals surface area contributed by atoms with E-state index in [1.807, 2.05) is 42.5 Å². The molecule has 0 bridgehead atoms. The van der Waals surface area contributed by atoms with Crippen molar-refractivity contribution >= 4 is 11.7 Å². The maximum Gasteiger partial charge on any atom is 0.305 e. The van der Waals surface area contributed by atoms with E-state index < -0.39 is 0 Å². The Hall–Kier alpha value is -2.49. The number of hydrogen-bond donors (Lipinski definition) is 1. The average Bonchev–Trinajstić information content (AvgIpc) is 2.59. The van der Waals surface area contributed by atoms with Crippen LogP contribution in [-0.2, 0) is 9.53 Å². The first kappa shape index (κ1) is 15.9. The Labute approximate surface area is 131 Å². The molecule has 0 amide bonds. The van der Waals surface area contributed by atoms with Crippen molar-refractivity contribution in [3.05, 3.63) is 60.2 Å². The van der Waals surface area contributed by atoms with Gasteiger partial charge in [0, 0.05) is 12.1 Å². The normalized spacial score (nSPS) is 11.5. The van der Waals surface area contributed by atoms with E-state index in [1.165, 1.54) is 7.11 Å². The lowest BCUT2D eigenvalue weighted by molar-refractivity contribution is -0.140. The second kappa shape index (κ2) is 8.08. The molecule has 1 unspecified atom stereocenters. The number of hydrogen-bond acceptors (Lipinski definition) is 4. The van der Waals surface area contributed by atoms with Crippen molar-refractivity contribution in [2.75, 3.05) is 19.5 Å². The summed E-state index contributed by atoms with van der Waals surface area (Å²) in [5, 5.41) is 3.46. The lowest BCUT2D eigenvalue weighted by Crippen LogP contribution is -2.13. The quantitative estimate of drug-likeness (QED) is 0.790. The summed E-state index contributed by atoms with van der Waals surface area (Å²) in [5.74, 6) is 0.619. The molecule has 1 atom stereocenters. The molecule has 1 N–H and O–H groups in total. The summed E-state index contributed by atoms with van der Waals surface area (Å²) in [6.45, 7) is 0. The largest absolute Gasteiger partial charge is 0.497 e. The smallest absolute Gasteiger partial charge is 0.305 e. The molecule has 0 aromatic heterocycles. The third-order valence-corrected chi connectivity index (χ3v) is 3.50. The Morgan fingerprint density at radius 3 is 2.32 bits per heavy atom. The molecule has 2 aromatic carbocycles. The fraction of sp³-hybridized carbons (Fsp3) is 0.278. The van der Waals surface area contributed by atoms with E-state index in [0.717, 1.165) is 17.0 Å². The van der Waals surface area contributed by atoms with Crippen molar-refractivity contribution in [3.63, 3.8) is 0 Å². The lowest BCUT2D eigenvalue weighted by Gasteiger charge is -2.20. The van der Waals surface area contributed by atoms with Crippen LogP contribution in [0.25, 0.3) is 0 Å². The van der Waals surface area contributed by atoms with Crippen molar-refractivity contribution in [2.45, 2.75) is 18.9 Å². The van der Waals surface area contributed by atoms with Gasteiger partial charge in [-0.2, -0.15) is 0 Å². The van der Waals surface area contributed by atoms with Gasteiger partial charge in [0.1, 0.15) is 5.75 Å². The minimum atomic E-state index is -0.197. The fourth-order valence-corrected chi connectivity index (χ4v) is 2.26. The maximum absolute atomic E-state index is 11.4. The van der Waals surface area contributed by atoms with Gasteiger partial charge in [0.25, 0.3) is 0 Å². The van der Waals surface area contributed by atoms with Crippen molar-refractivity contribution in [1.82, 2.24) is 0 Å². The summed E-state index contributed by atoms with van der Waals surface area (Å²) in [6.07, 6.45) is 1.04. The Bertz CT molecular complexity index is 581. The van der Waals surface area contributed by atoms with Crippen LogP contribution in [0.4, 0.5) is 5.69 Å². The van der Waals surface area contributed by atoms with Crippen LogP contribution in [0.5, 0.6) is 5.75 Å². The number of carbonyl (C=O) groups excluding carboxylic acids is 1. The predicted octanol–water partition coefficient (Wildman–Crippen LogP) is 3.80. The Balaban J connectivity index is 2.11. The first-order valence-corrected chi connectivity index (χ1v) is 7.25. The molecule has 2 rings (SSSR count). The first-order chi connectivity index (χ1) is 10.7. The molecule has 0 fully saturated rings. The van der Waals surface area contributed by atoms with E-state index in [9.17, 15) is 4.79 Å². The SMILES string of the molecule is COC(=O)CCC(Nc1ccc(OC)cc1)c1ccccc1. The molecule has 0 radical (unpaired) electrons. The molecule has 0 heterocycles. The molecule has 22 heavy (non-hydrogen) atoms. The van der Waals surface area contributed by atoms with Crippen LogP contribution in [0.15, 0.2) is 54.6 Å². The fourth-order valence-electron chi connectivity index (χ4n) is 2.26. The maximum atomic E-state index is 11.4. The van der Waals surface area contributed by atoms with Crippen LogP contribution in [0.1, 0.15) is 24.4 Å². The highest BCUT2D eigenvalue weighted by atomic mass is 16.5. The minimum absolute atomic E-state index is 0.0497. The van der Waals surface area contributed by atoms with Crippen LogP contribution in [0, 0.1) is 0 Å². The van der Waals surface area contributed by atoms with Gasteiger partial charge in [0.15, 0.2) is 0 Å². The minimum Gasteiger partial charge on any atom is -0.497 e. The lowest BCUT2D eigenvalue weighted by atomic mass is 10.0. The highest BCUT2D eigenvalue weighted by Gasteiger charge is 2.13. The number of benzene rings is 2. The molecular formula is C18H21NO3. The van der Waals surface area contributed by atoms with E-state index in [1.54, 1.807) is 7.11 Å². The summed E-state index contributed by atoms with van der Waals surface area (Å²) in [7, 11) is 3.06. The number of esters is 1. The topological polar surface area (TPSA) is 47.6 Å². The Kier molecular flexibility index (Phi) is 5.83. The molecule has 0 spiro atoms. The molecular weight excluding hydrogens is 278 g/mol. The molecule has 0 aliphatic carbocycles.